The molecule has 1 heterocycles. The van der Waals surface area contributed by atoms with Crippen LogP contribution in [0.5, 0.6) is 0 Å². The van der Waals surface area contributed by atoms with E-state index in [2.05, 4.69) is 24.1 Å². The monoisotopic (exact) mass is 256 g/mol. The van der Waals surface area contributed by atoms with Crippen molar-refractivity contribution in [1.29, 1.82) is 0 Å². The van der Waals surface area contributed by atoms with Crippen molar-refractivity contribution in [3.05, 3.63) is 0 Å². The lowest BCUT2D eigenvalue weighted by molar-refractivity contribution is 0.114. The minimum atomic E-state index is -0.268. The van der Waals surface area contributed by atoms with Gasteiger partial charge in [0.15, 0.2) is 0 Å². The number of hydrogen-bond acceptors (Lipinski definition) is 3. The van der Waals surface area contributed by atoms with Crippen LogP contribution in [0.3, 0.4) is 0 Å². The number of ether oxygens (including phenoxy) is 1. The van der Waals surface area contributed by atoms with Crippen molar-refractivity contribution in [2.75, 3.05) is 26.2 Å². The van der Waals surface area contributed by atoms with E-state index in [9.17, 15) is 4.79 Å². The zero-order chi connectivity index (χ0) is 13.4. The van der Waals surface area contributed by atoms with E-state index < -0.39 is 0 Å². The first-order chi connectivity index (χ1) is 8.69. The van der Waals surface area contributed by atoms with Crippen LogP contribution in [0.4, 0.5) is 4.79 Å². The smallest absolute Gasteiger partial charge is 0.407 e. The molecule has 0 spiro atoms. The molecule has 0 aromatic heterocycles. The Balaban J connectivity index is 2.46. The average molecular weight is 256 g/mol. The summed E-state index contributed by atoms with van der Waals surface area (Å²) in [6, 6.07) is 0.251. The van der Waals surface area contributed by atoms with Crippen LogP contribution >= 0.6 is 0 Å². The third-order valence-electron chi connectivity index (χ3n) is 3.45. The van der Waals surface area contributed by atoms with E-state index >= 15 is 0 Å². The van der Waals surface area contributed by atoms with Crippen LogP contribution in [0.15, 0.2) is 0 Å². The molecule has 1 aliphatic heterocycles. The van der Waals surface area contributed by atoms with Gasteiger partial charge in [-0.25, -0.2) is 4.79 Å². The average Bonchev–Trinajstić information content (AvgIpc) is 2.29. The van der Waals surface area contributed by atoms with Crippen LogP contribution in [-0.2, 0) is 4.74 Å². The Morgan fingerprint density at radius 3 is 2.67 bits per heavy atom. The minimum Gasteiger partial charge on any atom is -0.450 e. The summed E-state index contributed by atoms with van der Waals surface area (Å²) in [7, 11) is 0. The van der Waals surface area contributed by atoms with Gasteiger partial charge in [-0.3, -0.25) is 0 Å². The molecule has 1 amide bonds. The molecule has 0 aromatic rings. The Labute approximate surface area is 111 Å². The fraction of sp³-hybridized carbons (Fsp3) is 0.929. The van der Waals surface area contributed by atoms with Crippen molar-refractivity contribution >= 4 is 6.09 Å². The first-order valence-electron chi connectivity index (χ1n) is 7.35. The van der Waals surface area contributed by atoms with Gasteiger partial charge in [0.25, 0.3) is 0 Å². The van der Waals surface area contributed by atoms with E-state index in [1.165, 1.54) is 25.8 Å². The molecule has 106 valence electrons. The quantitative estimate of drug-likeness (QED) is 0.794. The summed E-state index contributed by atoms with van der Waals surface area (Å²) < 4.78 is 4.97. The molecule has 1 saturated heterocycles. The number of likely N-dealkylation sites (tertiary alicyclic amines) is 1. The highest BCUT2D eigenvalue weighted by atomic mass is 16.5. The van der Waals surface area contributed by atoms with E-state index in [0.717, 1.165) is 19.5 Å². The summed E-state index contributed by atoms with van der Waals surface area (Å²) in [5.74, 6) is 0.710. The van der Waals surface area contributed by atoms with Gasteiger partial charge in [-0.2, -0.15) is 0 Å². The Morgan fingerprint density at radius 2 is 2.06 bits per heavy atom. The number of carbonyl (C=O) groups excluding carboxylic acids is 1. The molecular weight excluding hydrogens is 228 g/mol. The van der Waals surface area contributed by atoms with Crippen LogP contribution in [0, 0.1) is 5.92 Å². The lowest BCUT2D eigenvalue weighted by Crippen LogP contribution is -2.51. The predicted molar refractivity (Wildman–Crippen MR) is 73.7 cm³/mol. The van der Waals surface area contributed by atoms with Crippen LogP contribution in [0.2, 0.25) is 0 Å². The molecule has 0 radical (unpaired) electrons. The van der Waals surface area contributed by atoms with Gasteiger partial charge in [0, 0.05) is 19.1 Å². The molecule has 1 aliphatic rings. The minimum absolute atomic E-state index is 0.251. The zero-order valence-electron chi connectivity index (χ0n) is 12.1. The number of piperidine rings is 1. The normalized spacial score (nSPS) is 24.8. The van der Waals surface area contributed by atoms with Crippen molar-refractivity contribution in [3.63, 3.8) is 0 Å². The highest BCUT2D eigenvalue weighted by molar-refractivity contribution is 5.67. The molecule has 0 bridgehead atoms. The topological polar surface area (TPSA) is 41.6 Å². The number of carbonyl (C=O) groups is 1. The van der Waals surface area contributed by atoms with Crippen LogP contribution in [-0.4, -0.2) is 43.3 Å². The number of amides is 1. The van der Waals surface area contributed by atoms with Gasteiger partial charge in [-0.15, -0.1) is 0 Å². The standard InChI is InChI=1S/C14H28N2O2/c1-4-7-12-9-13(15-14(17)18-6-3)11-16(10-12)8-5-2/h12-13H,4-11H2,1-3H3,(H,15,17). The van der Waals surface area contributed by atoms with Crippen LogP contribution in [0.25, 0.3) is 0 Å². The maximum Gasteiger partial charge on any atom is 0.407 e. The number of nitrogens with zero attached hydrogens (tertiary/aromatic N) is 1. The number of hydrogen-bond donors (Lipinski definition) is 1. The summed E-state index contributed by atoms with van der Waals surface area (Å²) in [5.41, 5.74) is 0. The highest BCUT2D eigenvalue weighted by Crippen LogP contribution is 2.21. The predicted octanol–water partition coefficient (Wildman–Crippen LogP) is 2.63. The van der Waals surface area contributed by atoms with Crippen molar-refractivity contribution in [2.45, 2.75) is 52.5 Å². The van der Waals surface area contributed by atoms with Crippen LogP contribution in [0.1, 0.15) is 46.5 Å². The molecule has 1 rings (SSSR count). The Kier molecular flexibility index (Phi) is 7.09. The Bertz CT molecular complexity index is 232. The summed E-state index contributed by atoms with van der Waals surface area (Å²) in [5, 5.41) is 2.99. The zero-order valence-corrected chi connectivity index (χ0v) is 12.1. The van der Waals surface area contributed by atoms with Crippen molar-refractivity contribution in [3.8, 4) is 0 Å². The molecule has 4 heteroatoms. The largest absolute Gasteiger partial charge is 0.450 e. The molecule has 1 N–H and O–H groups in total. The second-order valence-corrected chi connectivity index (χ2v) is 5.21. The van der Waals surface area contributed by atoms with Crippen LogP contribution < -0.4 is 5.32 Å². The Hall–Kier alpha value is -0.770. The van der Waals surface area contributed by atoms with Gasteiger partial charge in [-0.1, -0.05) is 20.3 Å². The molecule has 0 saturated carbocycles. The van der Waals surface area contributed by atoms with Gasteiger partial charge in [0.2, 0.25) is 0 Å². The lowest BCUT2D eigenvalue weighted by atomic mass is 9.90. The third kappa shape index (κ3) is 5.25. The van der Waals surface area contributed by atoms with Gasteiger partial charge in [-0.05, 0) is 38.6 Å². The third-order valence-corrected chi connectivity index (χ3v) is 3.45. The fourth-order valence-electron chi connectivity index (χ4n) is 2.86. The van der Waals surface area contributed by atoms with Gasteiger partial charge < -0.3 is 15.0 Å². The van der Waals surface area contributed by atoms with Gasteiger partial charge in [0.1, 0.15) is 0 Å². The summed E-state index contributed by atoms with van der Waals surface area (Å²) in [4.78, 5) is 14.0. The maximum atomic E-state index is 11.5. The van der Waals surface area contributed by atoms with Crippen molar-refractivity contribution < 1.29 is 9.53 Å². The maximum absolute atomic E-state index is 11.5. The van der Waals surface area contributed by atoms with Gasteiger partial charge >= 0.3 is 6.09 Å². The summed E-state index contributed by atoms with van der Waals surface area (Å²) >= 11 is 0. The molecule has 0 aliphatic carbocycles. The van der Waals surface area contributed by atoms with Crippen molar-refractivity contribution in [1.82, 2.24) is 10.2 Å². The van der Waals surface area contributed by atoms with E-state index in [-0.39, 0.29) is 12.1 Å². The lowest BCUT2D eigenvalue weighted by Gasteiger charge is -2.37. The molecule has 1 fully saturated rings. The van der Waals surface area contributed by atoms with Crippen molar-refractivity contribution in [2.24, 2.45) is 5.92 Å². The van der Waals surface area contributed by atoms with E-state index in [0.29, 0.717) is 12.5 Å². The van der Waals surface area contributed by atoms with E-state index in [1.807, 2.05) is 6.92 Å². The molecule has 0 aromatic carbocycles. The molecule has 2 atom stereocenters. The summed E-state index contributed by atoms with van der Waals surface area (Å²) in [6.45, 7) is 9.99. The molecular formula is C14H28N2O2. The Morgan fingerprint density at radius 1 is 1.28 bits per heavy atom. The van der Waals surface area contributed by atoms with Gasteiger partial charge in [0.05, 0.1) is 6.61 Å². The SMILES string of the molecule is CCCC1CC(NC(=O)OCC)CN(CCC)C1. The first kappa shape index (κ1) is 15.3. The fourth-order valence-corrected chi connectivity index (χ4v) is 2.86. The number of rotatable bonds is 6. The highest BCUT2D eigenvalue weighted by Gasteiger charge is 2.27. The second-order valence-electron chi connectivity index (χ2n) is 5.21. The molecule has 18 heavy (non-hydrogen) atoms. The molecule has 2 unspecified atom stereocenters. The number of alkyl carbamates (subject to hydrolysis) is 1. The second kappa shape index (κ2) is 8.35. The first-order valence-corrected chi connectivity index (χ1v) is 7.35. The van der Waals surface area contributed by atoms with E-state index in [4.69, 9.17) is 4.74 Å². The summed E-state index contributed by atoms with van der Waals surface area (Å²) in [6.07, 6.45) is 4.46. The molecule has 4 nitrogen and oxygen atoms in total. The van der Waals surface area contributed by atoms with E-state index in [1.54, 1.807) is 0 Å². The number of nitrogens with one attached hydrogen (secondary N) is 1.